The van der Waals surface area contributed by atoms with Crippen LogP contribution in [0.5, 0.6) is 0 Å². The number of para-hydroxylation sites is 1. The number of rotatable bonds is 3. The Morgan fingerprint density at radius 2 is 1.45 bits per heavy atom. The van der Waals surface area contributed by atoms with Crippen molar-refractivity contribution in [3.8, 4) is 0 Å². The van der Waals surface area contributed by atoms with Gasteiger partial charge in [0.2, 0.25) is 0 Å². The van der Waals surface area contributed by atoms with E-state index in [1.54, 1.807) is 41.3 Å². The van der Waals surface area contributed by atoms with Gasteiger partial charge in [0.1, 0.15) is 0 Å². The topological polar surface area (TPSA) is 69.9 Å². The monoisotopic (exact) mass is 434 g/mol. The fraction of sp³-hybridized carbons (Fsp3) is 0.167. The van der Waals surface area contributed by atoms with Gasteiger partial charge in [0.05, 0.1) is 0 Å². The lowest BCUT2D eigenvalue weighted by molar-refractivity contribution is -0.144. The number of carbonyl (C=O) groups is 2. The molecule has 1 aliphatic heterocycles. The second kappa shape index (κ2) is 9.10. The highest BCUT2D eigenvalue weighted by Gasteiger charge is 2.31. The molecule has 0 aromatic heterocycles. The summed E-state index contributed by atoms with van der Waals surface area (Å²) in [5.41, 5.74) is 8.62. The molecular formula is C24H23ClN4O2. The first-order valence-electron chi connectivity index (χ1n) is 10.1. The summed E-state index contributed by atoms with van der Waals surface area (Å²) in [6, 6.07) is 23.7. The summed E-state index contributed by atoms with van der Waals surface area (Å²) in [5.74, 6) is -1.11. The first-order chi connectivity index (χ1) is 15.0. The number of benzene rings is 3. The van der Waals surface area contributed by atoms with E-state index in [4.69, 9.17) is 17.3 Å². The normalized spacial score (nSPS) is 13.7. The molecule has 0 radical (unpaired) electrons. The second-order valence-corrected chi connectivity index (χ2v) is 7.76. The minimum Gasteiger partial charge on any atom is -0.399 e. The van der Waals surface area contributed by atoms with Gasteiger partial charge < -0.3 is 15.5 Å². The van der Waals surface area contributed by atoms with Gasteiger partial charge in [-0.15, -0.1) is 0 Å². The zero-order chi connectivity index (χ0) is 21.8. The summed E-state index contributed by atoms with van der Waals surface area (Å²) in [7, 11) is 0. The standard InChI is InChI=1S/C24H23ClN4O2/c25-18-5-4-8-22(17-18)27-13-15-28(16-14-27)23(30)24(31)29(20-6-2-1-3-7-20)21-11-9-19(26)10-12-21/h1-12,17H,13-16,26H2. The Labute approximate surface area is 186 Å². The van der Waals surface area contributed by atoms with Gasteiger partial charge >= 0.3 is 11.8 Å². The zero-order valence-electron chi connectivity index (χ0n) is 16.9. The average molecular weight is 435 g/mol. The van der Waals surface area contributed by atoms with Crippen molar-refractivity contribution in [2.75, 3.05) is 41.7 Å². The fourth-order valence-corrected chi connectivity index (χ4v) is 3.84. The largest absolute Gasteiger partial charge is 0.399 e. The third-order valence-electron chi connectivity index (χ3n) is 5.29. The smallest absolute Gasteiger partial charge is 0.321 e. The summed E-state index contributed by atoms with van der Waals surface area (Å²) < 4.78 is 0. The number of nitrogen functional groups attached to an aromatic ring is 1. The summed E-state index contributed by atoms with van der Waals surface area (Å²) in [6.45, 7) is 2.18. The maximum absolute atomic E-state index is 13.3. The molecule has 3 aromatic carbocycles. The maximum atomic E-state index is 13.3. The number of nitrogens with two attached hydrogens (primary N) is 1. The molecule has 1 saturated heterocycles. The van der Waals surface area contributed by atoms with Crippen LogP contribution >= 0.6 is 11.6 Å². The molecule has 1 aliphatic rings. The number of hydrogen-bond donors (Lipinski definition) is 1. The molecule has 6 nitrogen and oxygen atoms in total. The van der Waals surface area contributed by atoms with Crippen molar-refractivity contribution in [1.29, 1.82) is 0 Å². The van der Waals surface area contributed by atoms with Gasteiger partial charge in [-0.1, -0.05) is 35.9 Å². The number of carbonyl (C=O) groups excluding carboxylic acids is 2. The number of hydrogen-bond acceptors (Lipinski definition) is 4. The highest BCUT2D eigenvalue weighted by molar-refractivity contribution is 6.42. The molecule has 3 aromatic rings. The molecule has 7 heteroatoms. The third-order valence-corrected chi connectivity index (χ3v) is 5.53. The molecule has 2 amide bonds. The van der Waals surface area contributed by atoms with Gasteiger partial charge in [-0.3, -0.25) is 14.5 Å². The molecular weight excluding hydrogens is 412 g/mol. The van der Waals surface area contributed by atoms with Crippen LogP contribution in [0.25, 0.3) is 0 Å². The van der Waals surface area contributed by atoms with Crippen LogP contribution in [0.2, 0.25) is 5.02 Å². The summed E-state index contributed by atoms with van der Waals surface area (Å²) >= 11 is 6.10. The van der Waals surface area contributed by atoms with Gasteiger partial charge in [-0.05, 0) is 54.6 Å². The van der Waals surface area contributed by atoms with Crippen molar-refractivity contribution < 1.29 is 9.59 Å². The Kier molecular flexibility index (Phi) is 6.09. The van der Waals surface area contributed by atoms with E-state index < -0.39 is 11.8 Å². The van der Waals surface area contributed by atoms with Crippen LogP contribution < -0.4 is 15.5 Å². The fourth-order valence-electron chi connectivity index (χ4n) is 3.66. The third kappa shape index (κ3) is 4.64. The zero-order valence-corrected chi connectivity index (χ0v) is 17.7. The molecule has 1 heterocycles. The van der Waals surface area contributed by atoms with E-state index in [9.17, 15) is 9.59 Å². The van der Waals surface area contributed by atoms with Gasteiger partial charge in [0.15, 0.2) is 0 Å². The molecule has 0 bridgehead atoms. The Hall–Kier alpha value is -3.51. The van der Waals surface area contributed by atoms with Crippen molar-refractivity contribution >= 4 is 46.2 Å². The Morgan fingerprint density at radius 3 is 2.10 bits per heavy atom. The van der Waals surface area contributed by atoms with E-state index in [1.165, 1.54) is 4.90 Å². The van der Waals surface area contributed by atoms with Crippen molar-refractivity contribution in [1.82, 2.24) is 4.90 Å². The average Bonchev–Trinajstić information content (AvgIpc) is 2.81. The van der Waals surface area contributed by atoms with E-state index >= 15 is 0 Å². The number of halogens is 1. The molecule has 0 unspecified atom stereocenters. The van der Waals surface area contributed by atoms with Gasteiger partial charge in [-0.2, -0.15) is 0 Å². The van der Waals surface area contributed by atoms with Gasteiger partial charge in [-0.25, -0.2) is 0 Å². The predicted octanol–water partition coefficient (Wildman–Crippen LogP) is 3.94. The number of anilines is 4. The molecule has 1 fully saturated rings. The first-order valence-corrected chi connectivity index (χ1v) is 10.5. The van der Waals surface area contributed by atoms with E-state index in [-0.39, 0.29) is 0 Å². The van der Waals surface area contributed by atoms with Gasteiger partial charge in [0, 0.05) is 54.0 Å². The Balaban J connectivity index is 1.51. The van der Waals surface area contributed by atoms with Crippen LogP contribution in [0.1, 0.15) is 0 Å². The highest BCUT2D eigenvalue weighted by atomic mass is 35.5. The molecule has 0 aliphatic carbocycles. The molecule has 0 saturated carbocycles. The van der Waals surface area contributed by atoms with Crippen LogP contribution in [0.4, 0.5) is 22.7 Å². The van der Waals surface area contributed by atoms with Crippen LogP contribution in [0, 0.1) is 0 Å². The molecule has 0 atom stereocenters. The first kappa shape index (κ1) is 20.8. The summed E-state index contributed by atoms with van der Waals surface area (Å²) in [5, 5.41) is 0.674. The molecule has 0 spiro atoms. The van der Waals surface area contributed by atoms with E-state index in [0.29, 0.717) is 48.3 Å². The minimum absolute atomic E-state index is 0.460. The van der Waals surface area contributed by atoms with Gasteiger partial charge in [0.25, 0.3) is 0 Å². The van der Waals surface area contributed by atoms with Crippen molar-refractivity contribution in [3.05, 3.63) is 83.9 Å². The predicted molar refractivity (Wildman–Crippen MR) is 125 cm³/mol. The van der Waals surface area contributed by atoms with Crippen LogP contribution in [-0.2, 0) is 9.59 Å². The van der Waals surface area contributed by atoms with Crippen molar-refractivity contribution in [3.63, 3.8) is 0 Å². The number of nitrogens with zero attached hydrogens (tertiary/aromatic N) is 3. The van der Waals surface area contributed by atoms with E-state index in [1.807, 2.05) is 42.5 Å². The minimum atomic E-state index is -0.591. The lowest BCUT2D eigenvalue weighted by Gasteiger charge is -2.36. The number of amides is 2. The lowest BCUT2D eigenvalue weighted by atomic mass is 10.2. The Bertz CT molecular complexity index is 1060. The van der Waals surface area contributed by atoms with Crippen molar-refractivity contribution in [2.45, 2.75) is 0 Å². The molecule has 158 valence electrons. The SMILES string of the molecule is Nc1ccc(N(C(=O)C(=O)N2CCN(c3cccc(Cl)c3)CC2)c2ccccc2)cc1. The van der Waals surface area contributed by atoms with E-state index in [2.05, 4.69) is 4.90 Å². The molecule has 4 rings (SSSR count). The van der Waals surface area contributed by atoms with Crippen LogP contribution in [0.15, 0.2) is 78.9 Å². The second-order valence-electron chi connectivity index (χ2n) is 7.33. The molecule has 2 N–H and O–H groups in total. The quantitative estimate of drug-likeness (QED) is 0.500. The highest BCUT2D eigenvalue weighted by Crippen LogP contribution is 2.27. The van der Waals surface area contributed by atoms with E-state index in [0.717, 1.165) is 5.69 Å². The van der Waals surface area contributed by atoms with Crippen LogP contribution in [0.3, 0.4) is 0 Å². The number of piperazine rings is 1. The van der Waals surface area contributed by atoms with Crippen LogP contribution in [-0.4, -0.2) is 42.9 Å². The molecule has 31 heavy (non-hydrogen) atoms. The lowest BCUT2D eigenvalue weighted by Crippen LogP contribution is -2.52. The maximum Gasteiger partial charge on any atom is 0.321 e. The summed E-state index contributed by atoms with van der Waals surface area (Å²) in [6.07, 6.45) is 0. The Morgan fingerprint density at radius 1 is 0.806 bits per heavy atom. The summed E-state index contributed by atoms with van der Waals surface area (Å²) in [4.78, 5) is 31.6. The van der Waals surface area contributed by atoms with Crippen molar-refractivity contribution in [2.24, 2.45) is 0 Å².